The molecule has 0 spiro atoms. The second-order valence-electron chi connectivity index (χ2n) is 9.17. The van der Waals surface area contributed by atoms with Gasteiger partial charge >= 0.3 is 0 Å². The number of aromatic nitrogens is 2. The Morgan fingerprint density at radius 1 is 1.00 bits per heavy atom. The lowest BCUT2D eigenvalue weighted by Crippen LogP contribution is -2.41. The maximum atomic E-state index is 13.5. The molecule has 0 aliphatic rings. The summed E-state index contributed by atoms with van der Waals surface area (Å²) >= 11 is 0. The number of hydrogen-bond acceptors (Lipinski definition) is 7. The van der Waals surface area contributed by atoms with Gasteiger partial charge in [0, 0.05) is 35.2 Å². The van der Waals surface area contributed by atoms with Gasteiger partial charge in [-0.25, -0.2) is 4.39 Å². The minimum absolute atomic E-state index is 0.106. The smallest absolute Gasteiger partial charge is 0.255 e. The van der Waals surface area contributed by atoms with Crippen molar-refractivity contribution in [1.82, 2.24) is 20.8 Å². The highest BCUT2D eigenvalue weighted by molar-refractivity contribution is 6.12. The maximum absolute atomic E-state index is 13.5. The van der Waals surface area contributed by atoms with Gasteiger partial charge in [0.2, 0.25) is 6.39 Å². The Hall–Kier alpha value is -4.99. The van der Waals surface area contributed by atoms with Crippen molar-refractivity contribution in [3.63, 3.8) is 0 Å². The number of halogens is 1. The van der Waals surface area contributed by atoms with E-state index in [2.05, 4.69) is 20.8 Å². The lowest BCUT2D eigenvalue weighted by Gasteiger charge is -2.22. The summed E-state index contributed by atoms with van der Waals surface area (Å²) in [6.45, 7) is 3.49. The standard InChI is InChI=1S/C28H23FN4O5/c1-28(2,27-31-14-37-33-27)32-25(35)17-6-4-5-16(11-17)19-12-20-22(13-21(19)34)38-24(23(20)26(36)30-3)15-7-9-18(29)10-8-15/h4-14,34H,1-3H3,(H,30,36)(H,32,35). The summed E-state index contributed by atoms with van der Waals surface area (Å²) in [6.07, 6.45) is 1.19. The fourth-order valence-electron chi connectivity index (χ4n) is 4.20. The molecule has 9 nitrogen and oxygen atoms in total. The highest BCUT2D eigenvalue weighted by Gasteiger charge is 2.28. The summed E-state index contributed by atoms with van der Waals surface area (Å²) in [4.78, 5) is 29.9. The topological polar surface area (TPSA) is 130 Å². The third-order valence-corrected chi connectivity index (χ3v) is 6.15. The van der Waals surface area contributed by atoms with Gasteiger partial charge in [0.15, 0.2) is 5.82 Å². The molecule has 0 saturated carbocycles. The molecular formula is C28H23FN4O5. The lowest BCUT2D eigenvalue weighted by molar-refractivity contribution is 0.0906. The largest absolute Gasteiger partial charge is 0.507 e. The third-order valence-electron chi connectivity index (χ3n) is 6.15. The number of carbonyl (C=O) groups is 2. The first-order valence-corrected chi connectivity index (χ1v) is 11.7. The van der Waals surface area contributed by atoms with Crippen molar-refractivity contribution in [1.29, 1.82) is 0 Å². The SMILES string of the molecule is CNC(=O)c1c(-c2ccc(F)cc2)oc2cc(O)c(-c3cccc(C(=O)NC(C)(C)c4ncon4)c3)cc12. The zero-order valence-corrected chi connectivity index (χ0v) is 20.7. The van der Waals surface area contributed by atoms with Gasteiger partial charge in [-0.2, -0.15) is 4.98 Å². The molecule has 2 aromatic heterocycles. The van der Waals surface area contributed by atoms with Crippen molar-refractivity contribution in [3.05, 3.63) is 89.8 Å². The quantitative estimate of drug-likeness (QED) is 0.290. The van der Waals surface area contributed by atoms with E-state index in [0.717, 1.165) is 0 Å². The Labute approximate surface area is 216 Å². The minimum atomic E-state index is -0.892. The first-order valence-electron chi connectivity index (χ1n) is 11.7. The molecule has 5 rings (SSSR count). The number of hydrogen-bond donors (Lipinski definition) is 3. The Balaban J connectivity index is 1.57. The Bertz CT molecular complexity index is 1660. The molecule has 0 unspecified atom stereocenters. The zero-order chi connectivity index (χ0) is 27.0. The number of furan rings is 1. The number of phenolic OH excluding ortho intramolecular Hbond substituents is 1. The molecule has 0 atom stereocenters. The summed E-state index contributed by atoms with van der Waals surface area (Å²) < 4.78 is 24.2. The summed E-state index contributed by atoms with van der Waals surface area (Å²) in [5.41, 5.74) is 1.40. The van der Waals surface area contributed by atoms with Crippen LogP contribution in [0.4, 0.5) is 4.39 Å². The Morgan fingerprint density at radius 2 is 1.76 bits per heavy atom. The average molecular weight is 515 g/mol. The van der Waals surface area contributed by atoms with Gasteiger partial charge in [-0.1, -0.05) is 17.3 Å². The van der Waals surface area contributed by atoms with Crippen LogP contribution < -0.4 is 10.6 Å². The van der Waals surface area contributed by atoms with Crippen LogP contribution in [-0.4, -0.2) is 34.1 Å². The number of nitrogens with zero attached hydrogens (tertiary/aromatic N) is 2. The van der Waals surface area contributed by atoms with Crippen LogP contribution >= 0.6 is 0 Å². The Morgan fingerprint density at radius 3 is 2.45 bits per heavy atom. The number of aromatic hydroxyl groups is 1. The van der Waals surface area contributed by atoms with E-state index in [9.17, 15) is 19.1 Å². The number of fused-ring (bicyclic) bond motifs is 1. The summed E-state index contributed by atoms with van der Waals surface area (Å²) in [5, 5.41) is 20.6. The van der Waals surface area contributed by atoms with Crippen molar-refractivity contribution < 1.29 is 28.0 Å². The molecule has 38 heavy (non-hydrogen) atoms. The molecule has 2 amide bonds. The number of nitrogens with one attached hydrogen (secondary N) is 2. The van der Waals surface area contributed by atoms with Crippen molar-refractivity contribution >= 4 is 22.8 Å². The molecular weight excluding hydrogens is 491 g/mol. The lowest BCUT2D eigenvalue weighted by atomic mass is 9.97. The molecule has 0 radical (unpaired) electrons. The monoisotopic (exact) mass is 514 g/mol. The predicted octanol–water partition coefficient (Wildman–Crippen LogP) is 5.02. The van der Waals surface area contributed by atoms with Crippen molar-refractivity contribution in [2.24, 2.45) is 0 Å². The van der Waals surface area contributed by atoms with Crippen LogP contribution in [0, 0.1) is 5.82 Å². The predicted molar refractivity (Wildman–Crippen MR) is 137 cm³/mol. The molecule has 0 aliphatic carbocycles. The molecule has 0 bridgehead atoms. The number of amides is 2. The van der Waals surface area contributed by atoms with Gasteiger partial charge in [0.25, 0.3) is 11.8 Å². The van der Waals surface area contributed by atoms with E-state index in [1.165, 1.54) is 43.8 Å². The van der Waals surface area contributed by atoms with Crippen molar-refractivity contribution in [2.75, 3.05) is 7.05 Å². The number of phenols is 1. The van der Waals surface area contributed by atoms with E-state index in [-0.39, 0.29) is 28.6 Å². The molecule has 0 aliphatic heterocycles. The van der Waals surface area contributed by atoms with Crippen LogP contribution in [-0.2, 0) is 5.54 Å². The highest BCUT2D eigenvalue weighted by atomic mass is 19.1. The van der Waals surface area contributed by atoms with Gasteiger partial charge in [-0.05, 0) is 61.9 Å². The van der Waals surface area contributed by atoms with E-state index in [1.54, 1.807) is 44.2 Å². The van der Waals surface area contributed by atoms with Gasteiger partial charge in [-0.15, -0.1) is 0 Å². The van der Waals surface area contributed by atoms with Crippen LogP contribution in [0.3, 0.4) is 0 Å². The minimum Gasteiger partial charge on any atom is -0.507 e. The van der Waals surface area contributed by atoms with E-state index in [4.69, 9.17) is 8.94 Å². The van der Waals surface area contributed by atoms with Crippen molar-refractivity contribution in [2.45, 2.75) is 19.4 Å². The number of benzene rings is 3. The summed E-state index contributed by atoms with van der Waals surface area (Å²) in [7, 11) is 1.50. The molecule has 10 heteroatoms. The molecule has 192 valence electrons. The molecule has 3 aromatic carbocycles. The second-order valence-corrected chi connectivity index (χ2v) is 9.17. The van der Waals surface area contributed by atoms with Gasteiger partial charge in [0.05, 0.1) is 11.1 Å². The molecule has 0 fully saturated rings. The fourth-order valence-corrected chi connectivity index (χ4v) is 4.20. The number of carbonyl (C=O) groups excluding carboxylic acids is 2. The van der Waals surface area contributed by atoms with E-state index >= 15 is 0 Å². The Kier molecular flexibility index (Phi) is 6.15. The van der Waals surface area contributed by atoms with Gasteiger partial charge < -0.3 is 24.7 Å². The molecule has 2 heterocycles. The van der Waals surface area contributed by atoms with E-state index in [0.29, 0.717) is 33.5 Å². The molecule has 3 N–H and O–H groups in total. The first-order chi connectivity index (χ1) is 18.2. The second kappa shape index (κ2) is 9.47. The van der Waals surface area contributed by atoms with Crippen LogP contribution in [0.25, 0.3) is 33.4 Å². The van der Waals surface area contributed by atoms with Crippen LogP contribution in [0.1, 0.15) is 40.4 Å². The van der Waals surface area contributed by atoms with Crippen LogP contribution in [0.5, 0.6) is 5.75 Å². The first kappa shape index (κ1) is 24.7. The van der Waals surface area contributed by atoms with Gasteiger partial charge in [0.1, 0.15) is 22.9 Å². The van der Waals surface area contributed by atoms with Crippen LogP contribution in [0.15, 0.2) is 76.0 Å². The van der Waals surface area contributed by atoms with E-state index < -0.39 is 17.3 Å². The molecule has 0 saturated heterocycles. The fraction of sp³-hybridized carbons (Fsp3) is 0.143. The molecule has 5 aromatic rings. The van der Waals surface area contributed by atoms with E-state index in [1.807, 2.05) is 0 Å². The highest BCUT2D eigenvalue weighted by Crippen LogP contribution is 2.40. The normalized spacial score (nSPS) is 11.5. The number of rotatable bonds is 6. The maximum Gasteiger partial charge on any atom is 0.255 e. The summed E-state index contributed by atoms with van der Waals surface area (Å²) in [5.74, 6) is -0.746. The van der Waals surface area contributed by atoms with Crippen LogP contribution in [0.2, 0.25) is 0 Å². The zero-order valence-electron chi connectivity index (χ0n) is 20.7. The summed E-state index contributed by atoms with van der Waals surface area (Å²) in [6, 6.07) is 15.3. The van der Waals surface area contributed by atoms with Gasteiger partial charge in [-0.3, -0.25) is 9.59 Å². The third kappa shape index (κ3) is 4.47. The van der Waals surface area contributed by atoms with Crippen molar-refractivity contribution in [3.8, 4) is 28.2 Å². The average Bonchev–Trinajstić information content (AvgIpc) is 3.57.